The zero-order chi connectivity index (χ0) is 15.4. The molecule has 0 saturated carbocycles. The highest BCUT2D eigenvalue weighted by atomic mass is 16.2. The van der Waals surface area contributed by atoms with Gasteiger partial charge in [0.25, 0.3) is 0 Å². The summed E-state index contributed by atoms with van der Waals surface area (Å²) in [5.41, 5.74) is 7.43. The summed E-state index contributed by atoms with van der Waals surface area (Å²) < 4.78 is 0. The average Bonchev–Trinajstić information content (AvgIpc) is 2.85. The summed E-state index contributed by atoms with van der Waals surface area (Å²) in [5, 5.41) is 2.81. The predicted molar refractivity (Wildman–Crippen MR) is 84.1 cm³/mol. The average molecular weight is 289 g/mol. The van der Waals surface area contributed by atoms with Crippen molar-refractivity contribution >= 4 is 23.2 Å². The molecule has 0 spiro atoms. The molecule has 1 saturated heterocycles. The number of nitrogens with zero attached hydrogens (tertiary/aromatic N) is 1. The molecule has 0 bridgehead atoms. The third kappa shape index (κ3) is 4.04. The normalized spacial score (nSPS) is 16.4. The van der Waals surface area contributed by atoms with Gasteiger partial charge in [0.2, 0.25) is 11.8 Å². The molecule has 0 radical (unpaired) electrons. The third-order valence-corrected chi connectivity index (χ3v) is 3.58. The number of anilines is 2. The lowest BCUT2D eigenvalue weighted by atomic mass is 10.0. The van der Waals surface area contributed by atoms with E-state index in [1.165, 1.54) is 0 Å². The molecule has 1 aromatic carbocycles. The molecule has 5 heteroatoms. The van der Waals surface area contributed by atoms with Gasteiger partial charge in [-0.2, -0.15) is 0 Å². The van der Waals surface area contributed by atoms with Gasteiger partial charge in [0.05, 0.1) is 6.04 Å². The van der Waals surface area contributed by atoms with Crippen molar-refractivity contribution in [3.63, 3.8) is 0 Å². The molecule has 1 atom stereocenters. The number of rotatable bonds is 5. The summed E-state index contributed by atoms with van der Waals surface area (Å²) in [6.45, 7) is 4.84. The first kappa shape index (κ1) is 15.5. The minimum atomic E-state index is -0.496. The predicted octanol–water partition coefficient (Wildman–Crippen LogP) is 2.13. The molecule has 2 rings (SSSR count). The number of nitrogens with one attached hydrogen (secondary N) is 1. The Labute approximate surface area is 125 Å². The van der Waals surface area contributed by atoms with Crippen LogP contribution in [0.3, 0.4) is 0 Å². The Kier molecular flexibility index (Phi) is 4.96. The van der Waals surface area contributed by atoms with Crippen LogP contribution < -0.4 is 16.0 Å². The van der Waals surface area contributed by atoms with E-state index in [1.54, 1.807) is 17.0 Å². The van der Waals surface area contributed by atoms with Crippen LogP contribution in [0.25, 0.3) is 0 Å². The standard InChI is InChI=1S/C16H23N3O2/c1-11(2)10-14(17)16(21)18-12-5-7-13(8-6-12)19-9-3-4-15(19)20/h5-8,11,14H,3-4,9-10,17H2,1-2H3,(H,18,21). The minimum Gasteiger partial charge on any atom is -0.325 e. The van der Waals surface area contributed by atoms with Crippen molar-refractivity contribution in [1.29, 1.82) is 0 Å². The molecule has 0 aliphatic carbocycles. The van der Waals surface area contributed by atoms with Gasteiger partial charge in [-0.25, -0.2) is 0 Å². The smallest absolute Gasteiger partial charge is 0.241 e. The van der Waals surface area contributed by atoms with E-state index in [-0.39, 0.29) is 11.8 Å². The number of carbonyl (C=O) groups is 2. The topological polar surface area (TPSA) is 75.4 Å². The van der Waals surface area contributed by atoms with Gasteiger partial charge in [0.15, 0.2) is 0 Å². The largest absolute Gasteiger partial charge is 0.325 e. The second-order valence-electron chi connectivity index (χ2n) is 5.92. The van der Waals surface area contributed by atoms with Gasteiger partial charge in [0, 0.05) is 24.3 Å². The zero-order valence-corrected chi connectivity index (χ0v) is 12.6. The zero-order valence-electron chi connectivity index (χ0n) is 12.6. The van der Waals surface area contributed by atoms with Crippen molar-refractivity contribution < 1.29 is 9.59 Å². The lowest BCUT2D eigenvalue weighted by Gasteiger charge is -2.17. The number of nitrogens with two attached hydrogens (primary N) is 1. The van der Waals surface area contributed by atoms with Crippen molar-refractivity contribution in [3.05, 3.63) is 24.3 Å². The van der Waals surface area contributed by atoms with Crippen LogP contribution in [0.5, 0.6) is 0 Å². The van der Waals surface area contributed by atoms with Gasteiger partial charge in [-0.1, -0.05) is 13.8 Å². The van der Waals surface area contributed by atoms with Crippen LogP contribution in [0.1, 0.15) is 33.1 Å². The van der Waals surface area contributed by atoms with E-state index >= 15 is 0 Å². The van der Waals surface area contributed by atoms with Crippen LogP contribution in [0.4, 0.5) is 11.4 Å². The second-order valence-corrected chi connectivity index (χ2v) is 5.92. The number of carbonyl (C=O) groups excluding carboxylic acids is 2. The van der Waals surface area contributed by atoms with Gasteiger partial charge in [-0.15, -0.1) is 0 Å². The van der Waals surface area contributed by atoms with E-state index < -0.39 is 6.04 Å². The Morgan fingerprint density at radius 3 is 2.52 bits per heavy atom. The fourth-order valence-electron chi connectivity index (χ4n) is 2.50. The molecule has 114 valence electrons. The molecule has 1 aromatic rings. The van der Waals surface area contributed by atoms with E-state index in [2.05, 4.69) is 5.32 Å². The number of hydrogen-bond acceptors (Lipinski definition) is 3. The maximum atomic E-state index is 11.9. The summed E-state index contributed by atoms with van der Waals surface area (Å²) >= 11 is 0. The SMILES string of the molecule is CC(C)CC(N)C(=O)Nc1ccc(N2CCCC2=O)cc1. The molecule has 5 nitrogen and oxygen atoms in total. The Morgan fingerprint density at radius 2 is 2.00 bits per heavy atom. The monoisotopic (exact) mass is 289 g/mol. The van der Waals surface area contributed by atoms with Crippen LogP contribution >= 0.6 is 0 Å². The molecule has 0 aromatic heterocycles. The quantitative estimate of drug-likeness (QED) is 0.872. The molecule has 1 unspecified atom stereocenters. The van der Waals surface area contributed by atoms with Crippen LogP contribution in [0.15, 0.2) is 24.3 Å². The van der Waals surface area contributed by atoms with E-state index in [9.17, 15) is 9.59 Å². The van der Waals surface area contributed by atoms with Crippen molar-refractivity contribution in [2.45, 2.75) is 39.2 Å². The number of hydrogen-bond donors (Lipinski definition) is 2. The highest BCUT2D eigenvalue weighted by molar-refractivity contribution is 5.97. The molecule has 1 aliphatic heterocycles. The summed E-state index contributed by atoms with van der Waals surface area (Å²) in [5.74, 6) is 0.369. The van der Waals surface area contributed by atoms with Crippen LogP contribution in [0, 0.1) is 5.92 Å². The minimum absolute atomic E-state index is 0.158. The molecule has 21 heavy (non-hydrogen) atoms. The highest BCUT2D eigenvalue weighted by Crippen LogP contribution is 2.23. The third-order valence-electron chi connectivity index (χ3n) is 3.58. The maximum absolute atomic E-state index is 11.9. The Balaban J connectivity index is 1.96. The van der Waals surface area contributed by atoms with E-state index in [0.717, 1.165) is 18.7 Å². The van der Waals surface area contributed by atoms with E-state index in [4.69, 9.17) is 5.73 Å². The summed E-state index contributed by atoms with van der Waals surface area (Å²) in [6.07, 6.45) is 2.18. The first-order chi connectivity index (χ1) is 9.97. The fraction of sp³-hybridized carbons (Fsp3) is 0.500. The summed E-state index contributed by atoms with van der Waals surface area (Å²) in [4.78, 5) is 25.4. The van der Waals surface area contributed by atoms with Gasteiger partial charge in [-0.3, -0.25) is 9.59 Å². The van der Waals surface area contributed by atoms with Crippen LogP contribution in [0.2, 0.25) is 0 Å². The molecule has 2 amide bonds. The van der Waals surface area contributed by atoms with E-state index in [0.29, 0.717) is 24.4 Å². The highest BCUT2D eigenvalue weighted by Gasteiger charge is 2.21. The lowest BCUT2D eigenvalue weighted by Crippen LogP contribution is -2.36. The molecule has 1 fully saturated rings. The number of benzene rings is 1. The van der Waals surface area contributed by atoms with Crippen molar-refractivity contribution in [1.82, 2.24) is 0 Å². The molecular formula is C16H23N3O2. The number of amides is 2. The fourth-order valence-corrected chi connectivity index (χ4v) is 2.50. The first-order valence-electron chi connectivity index (χ1n) is 7.44. The van der Waals surface area contributed by atoms with Crippen LogP contribution in [-0.4, -0.2) is 24.4 Å². The molecular weight excluding hydrogens is 266 g/mol. The van der Waals surface area contributed by atoms with Crippen LogP contribution in [-0.2, 0) is 9.59 Å². The summed E-state index contributed by atoms with van der Waals surface area (Å²) in [7, 11) is 0. The van der Waals surface area contributed by atoms with Crippen molar-refractivity contribution in [2.75, 3.05) is 16.8 Å². The first-order valence-corrected chi connectivity index (χ1v) is 7.44. The lowest BCUT2D eigenvalue weighted by molar-refractivity contribution is -0.118. The second kappa shape index (κ2) is 6.72. The summed E-state index contributed by atoms with van der Waals surface area (Å²) in [6, 6.07) is 6.83. The van der Waals surface area contributed by atoms with Crippen molar-refractivity contribution in [3.8, 4) is 0 Å². The Hall–Kier alpha value is -1.88. The van der Waals surface area contributed by atoms with Gasteiger partial charge in [0.1, 0.15) is 0 Å². The Bertz CT molecular complexity index is 511. The van der Waals surface area contributed by atoms with Gasteiger partial charge >= 0.3 is 0 Å². The molecule has 1 heterocycles. The van der Waals surface area contributed by atoms with Gasteiger partial charge < -0.3 is 16.0 Å². The molecule has 3 N–H and O–H groups in total. The van der Waals surface area contributed by atoms with E-state index in [1.807, 2.05) is 26.0 Å². The van der Waals surface area contributed by atoms with Gasteiger partial charge in [-0.05, 0) is 43.0 Å². The maximum Gasteiger partial charge on any atom is 0.241 e. The Morgan fingerprint density at radius 1 is 1.33 bits per heavy atom. The van der Waals surface area contributed by atoms with Crippen molar-refractivity contribution in [2.24, 2.45) is 11.7 Å². The molecule has 1 aliphatic rings.